The Labute approximate surface area is 96.3 Å². The summed E-state index contributed by atoms with van der Waals surface area (Å²) in [5, 5.41) is 6.31. The second-order valence-corrected chi connectivity index (χ2v) is 3.65. The van der Waals surface area contributed by atoms with Crippen LogP contribution in [-0.2, 0) is 0 Å². The Kier molecular flexibility index (Phi) is 3.57. The van der Waals surface area contributed by atoms with Gasteiger partial charge in [0.05, 0.1) is 6.67 Å². The number of hydrogen-bond acceptors (Lipinski definition) is 2. The van der Waals surface area contributed by atoms with Crippen LogP contribution in [-0.4, -0.2) is 13.7 Å². The first kappa shape index (κ1) is 10.7. The molecule has 0 fully saturated rings. The average Bonchev–Trinajstić information content (AvgIpc) is 2.38. The zero-order valence-corrected chi connectivity index (χ0v) is 9.40. The van der Waals surface area contributed by atoms with Crippen LogP contribution < -0.4 is 10.6 Å². The van der Waals surface area contributed by atoms with Crippen molar-refractivity contribution in [2.75, 3.05) is 19.0 Å². The number of rotatable bonds is 4. The zero-order valence-electron chi connectivity index (χ0n) is 9.40. The average molecular weight is 212 g/mol. The standard InChI is InChI=1S/C14H16N2/c1-15-11-16-14-9-7-13(8-10-14)12-5-3-2-4-6-12/h2-10,15-16H,11H2,1H3. The number of benzene rings is 2. The summed E-state index contributed by atoms with van der Waals surface area (Å²) in [5.74, 6) is 0. The van der Waals surface area contributed by atoms with Crippen molar-refractivity contribution in [1.82, 2.24) is 5.32 Å². The van der Waals surface area contributed by atoms with Gasteiger partial charge in [0.1, 0.15) is 0 Å². The quantitative estimate of drug-likeness (QED) is 0.761. The third-order valence-corrected chi connectivity index (χ3v) is 2.46. The highest BCUT2D eigenvalue weighted by atomic mass is 15.0. The first-order valence-corrected chi connectivity index (χ1v) is 5.44. The molecule has 0 amide bonds. The van der Waals surface area contributed by atoms with Crippen LogP contribution in [0.4, 0.5) is 5.69 Å². The molecule has 0 unspecified atom stereocenters. The van der Waals surface area contributed by atoms with E-state index in [0.29, 0.717) is 0 Å². The van der Waals surface area contributed by atoms with E-state index in [1.54, 1.807) is 0 Å². The van der Waals surface area contributed by atoms with Gasteiger partial charge in [0, 0.05) is 5.69 Å². The van der Waals surface area contributed by atoms with Gasteiger partial charge in [-0.15, -0.1) is 0 Å². The van der Waals surface area contributed by atoms with E-state index in [1.165, 1.54) is 11.1 Å². The van der Waals surface area contributed by atoms with Gasteiger partial charge in [0.2, 0.25) is 0 Å². The molecule has 0 aliphatic carbocycles. The summed E-state index contributed by atoms with van der Waals surface area (Å²) in [6.07, 6.45) is 0. The fourth-order valence-electron chi connectivity index (χ4n) is 1.60. The summed E-state index contributed by atoms with van der Waals surface area (Å²) in [5.41, 5.74) is 3.63. The van der Waals surface area contributed by atoms with Crippen molar-refractivity contribution >= 4 is 5.69 Å². The summed E-state index contributed by atoms with van der Waals surface area (Å²) in [4.78, 5) is 0. The van der Waals surface area contributed by atoms with Crippen LogP contribution in [0, 0.1) is 0 Å². The number of anilines is 1. The fourth-order valence-corrected chi connectivity index (χ4v) is 1.60. The van der Waals surface area contributed by atoms with Gasteiger partial charge < -0.3 is 10.6 Å². The van der Waals surface area contributed by atoms with Crippen molar-refractivity contribution < 1.29 is 0 Å². The summed E-state index contributed by atoms with van der Waals surface area (Å²) < 4.78 is 0. The zero-order chi connectivity index (χ0) is 11.2. The highest BCUT2D eigenvalue weighted by Crippen LogP contribution is 2.20. The predicted molar refractivity (Wildman–Crippen MR) is 69.4 cm³/mol. The molecule has 82 valence electrons. The van der Waals surface area contributed by atoms with E-state index in [1.807, 2.05) is 13.1 Å². The minimum atomic E-state index is 0.782. The molecule has 16 heavy (non-hydrogen) atoms. The molecule has 0 heterocycles. The van der Waals surface area contributed by atoms with Crippen molar-refractivity contribution in [3.8, 4) is 11.1 Å². The molecule has 2 heteroatoms. The van der Waals surface area contributed by atoms with Crippen molar-refractivity contribution in [2.24, 2.45) is 0 Å². The molecule has 2 aromatic carbocycles. The lowest BCUT2D eigenvalue weighted by Gasteiger charge is -2.06. The third-order valence-electron chi connectivity index (χ3n) is 2.46. The maximum atomic E-state index is 3.26. The molecule has 0 aromatic heterocycles. The second kappa shape index (κ2) is 5.33. The lowest BCUT2D eigenvalue weighted by molar-refractivity contribution is 0.874. The van der Waals surface area contributed by atoms with Gasteiger partial charge in [0.15, 0.2) is 0 Å². The van der Waals surface area contributed by atoms with Crippen LogP contribution >= 0.6 is 0 Å². The largest absolute Gasteiger partial charge is 0.372 e. The van der Waals surface area contributed by atoms with Crippen molar-refractivity contribution in [3.63, 3.8) is 0 Å². The minimum Gasteiger partial charge on any atom is -0.372 e. The molecule has 2 nitrogen and oxygen atoms in total. The molecule has 2 N–H and O–H groups in total. The third kappa shape index (κ3) is 2.61. The van der Waals surface area contributed by atoms with E-state index in [4.69, 9.17) is 0 Å². The molecular formula is C14H16N2. The Morgan fingerprint density at radius 1 is 0.812 bits per heavy atom. The molecule has 2 aromatic rings. The van der Waals surface area contributed by atoms with E-state index in [9.17, 15) is 0 Å². The Bertz CT molecular complexity index is 420. The first-order chi connectivity index (χ1) is 7.90. The van der Waals surface area contributed by atoms with Crippen LogP contribution in [0.3, 0.4) is 0 Å². The number of hydrogen-bond donors (Lipinski definition) is 2. The van der Waals surface area contributed by atoms with Crippen LogP contribution in [0.15, 0.2) is 54.6 Å². The first-order valence-electron chi connectivity index (χ1n) is 5.44. The maximum Gasteiger partial charge on any atom is 0.0650 e. The molecule has 2 rings (SSSR count). The van der Waals surface area contributed by atoms with Crippen LogP contribution in [0.2, 0.25) is 0 Å². The predicted octanol–water partition coefficient (Wildman–Crippen LogP) is 2.94. The van der Waals surface area contributed by atoms with Crippen molar-refractivity contribution in [2.45, 2.75) is 0 Å². The van der Waals surface area contributed by atoms with Gasteiger partial charge in [-0.2, -0.15) is 0 Å². The van der Waals surface area contributed by atoms with Gasteiger partial charge in [-0.3, -0.25) is 0 Å². The van der Waals surface area contributed by atoms with Gasteiger partial charge in [0.25, 0.3) is 0 Å². The number of nitrogens with one attached hydrogen (secondary N) is 2. The maximum absolute atomic E-state index is 3.26. The van der Waals surface area contributed by atoms with E-state index in [0.717, 1.165) is 12.4 Å². The lowest BCUT2D eigenvalue weighted by atomic mass is 10.1. The summed E-state index contributed by atoms with van der Waals surface area (Å²) in [6.45, 7) is 0.782. The van der Waals surface area contributed by atoms with E-state index < -0.39 is 0 Å². The summed E-state index contributed by atoms with van der Waals surface area (Å²) >= 11 is 0. The van der Waals surface area contributed by atoms with E-state index in [-0.39, 0.29) is 0 Å². The van der Waals surface area contributed by atoms with Gasteiger partial charge in [-0.1, -0.05) is 42.5 Å². The second-order valence-electron chi connectivity index (χ2n) is 3.65. The topological polar surface area (TPSA) is 24.1 Å². The van der Waals surface area contributed by atoms with Crippen LogP contribution in [0.5, 0.6) is 0 Å². The fraction of sp³-hybridized carbons (Fsp3) is 0.143. The van der Waals surface area contributed by atoms with Crippen molar-refractivity contribution in [3.05, 3.63) is 54.6 Å². The molecule has 0 atom stereocenters. The summed E-state index contributed by atoms with van der Waals surface area (Å²) in [6, 6.07) is 18.9. The molecule has 0 aliphatic heterocycles. The highest BCUT2D eigenvalue weighted by Gasteiger charge is 1.96. The Morgan fingerprint density at radius 2 is 1.44 bits per heavy atom. The van der Waals surface area contributed by atoms with Gasteiger partial charge >= 0.3 is 0 Å². The van der Waals surface area contributed by atoms with Crippen molar-refractivity contribution in [1.29, 1.82) is 0 Å². The van der Waals surface area contributed by atoms with Crippen LogP contribution in [0.25, 0.3) is 11.1 Å². The monoisotopic (exact) mass is 212 g/mol. The molecule has 0 spiro atoms. The Balaban J connectivity index is 2.13. The Hall–Kier alpha value is -1.80. The van der Waals surface area contributed by atoms with E-state index >= 15 is 0 Å². The molecule has 0 bridgehead atoms. The van der Waals surface area contributed by atoms with E-state index in [2.05, 4.69) is 59.2 Å². The smallest absolute Gasteiger partial charge is 0.0650 e. The van der Waals surface area contributed by atoms with Gasteiger partial charge in [-0.05, 0) is 30.3 Å². The molecule has 0 saturated carbocycles. The molecular weight excluding hydrogens is 196 g/mol. The normalized spacial score (nSPS) is 10.1. The highest BCUT2D eigenvalue weighted by molar-refractivity contribution is 5.65. The lowest BCUT2D eigenvalue weighted by Crippen LogP contribution is -2.16. The summed E-state index contributed by atoms with van der Waals surface area (Å²) in [7, 11) is 1.92. The Morgan fingerprint density at radius 3 is 2.06 bits per heavy atom. The molecule has 0 aliphatic rings. The molecule has 0 radical (unpaired) electrons. The van der Waals surface area contributed by atoms with Crippen LogP contribution in [0.1, 0.15) is 0 Å². The molecule has 0 saturated heterocycles. The van der Waals surface area contributed by atoms with Gasteiger partial charge in [-0.25, -0.2) is 0 Å². The minimum absolute atomic E-state index is 0.782. The SMILES string of the molecule is CNCNc1ccc(-c2ccccc2)cc1.